The number of hydrogen-bond donors (Lipinski definition) is 1. The van der Waals surface area contributed by atoms with Gasteiger partial charge in [-0.2, -0.15) is 0 Å². The SMILES string of the molecule is CCCCCCCCCC/C=C\CCCCCCCCCCCCCCCCCCCCCCCCCCCCCC(=O)OC(COC(=O)CCCCCCCCCCCCCCCC)COP(=O)(O)OCC[N+](C)(C)C. The van der Waals surface area contributed by atoms with E-state index in [0.29, 0.717) is 17.4 Å². The summed E-state index contributed by atoms with van der Waals surface area (Å²) >= 11 is 0. The Morgan fingerprint density at radius 3 is 0.961 bits per heavy atom. The lowest BCUT2D eigenvalue weighted by molar-refractivity contribution is -0.870. The number of carbonyl (C=O) groups excluding carboxylic acids is 2. The third-order valence-corrected chi connectivity index (χ3v) is 16.5. The highest BCUT2D eigenvalue weighted by molar-refractivity contribution is 7.47. The van der Waals surface area contributed by atoms with Gasteiger partial charge in [-0.1, -0.05) is 315 Å². The molecule has 0 radical (unpaired) electrons. The lowest BCUT2D eigenvalue weighted by Gasteiger charge is -2.24. The predicted molar refractivity (Wildman–Crippen MR) is 331 cm³/mol. The highest BCUT2D eigenvalue weighted by atomic mass is 31.2. The number of carbonyl (C=O) groups is 2. The van der Waals surface area contributed by atoms with E-state index in [2.05, 4.69) is 26.0 Å². The molecule has 0 saturated carbocycles. The molecule has 0 rings (SSSR count). The van der Waals surface area contributed by atoms with Crippen molar-refractivity contribution < 1.29 is 42.1 Å². The standard InChI is InChI=1S/C67H132NO8P/c1-6-8-10-12-14-16-18-20-22-23-24-25-26-27-28-29-30-31-32-33-34-35-36-37-38-39-40-41-42-43-44-45-46-48-50-52-54-56-58-60-67(70)76-65(64-75-77(71,72)74-62-61-68(3,4)5)63-73-66(69)59-57-55-53-51-49-47-21-19-17-15-13-11-9-7-2/h23-24,65H,6-22,25-64H2,1-5H3/p+1/b24-23-. The topological polar surface area (TPSA) is 108 Å². The molecule has 0 aliphatic rings. The summed E-state index contributed by atoms with van der Waals surface area (Å²) in [5.74, 6) is -0.775. The maximum Gasteiger partial charge on any atom is 0.472 e. The fourth-order valence-corrected chi connectivity index (χ4v) is 11.1. The molecule has 77 heavy (non-hydrogen) atoms. The van der Waals surface area contributed by atoms with Crippen LogP contribution in [0.15, 0.2) is 12.2 Å². The van der Waals surface area contributed by atoms with Crippen molar-refractivity contribution in [1.29, 1.82) is 0 Å². The Bertz CT molecular complexity index is 1300. The van der Waals surface area contributed by atoms with Gasteiger partial charge < -0.3 is 18.9 Å². The van der Waals surface area contributed by atoms with Crippen molar-refractivity contribution in [1.82, 2.24) is 0 Å². The van der Waals surface area contributed by atoms with Crippen LogP contribution >= 0.6 is 7.82 Å². The lowest BCUT2D eigenvalue weighted by Crippen LogP contribution is -2.37. The zero-order valence-electron chi connectivity index (χ0n) is 52.2. The molecule has 2 unspecified atom stereocenters. The first-order chi connectivity index (χ1) is 37.5. The third kappa shape index (κ3) is 63.8. The number of nitrogens with zero attached hydrogens (tertiary/aromatic N) is 1. The Balaban J connectivity index is 3.84. The van der Waals surface area contributed by atoms with Crippen LogP contribution in [0.25, 0.3) is 0 Å². The number of likely N-dealkylation sites (N-methyl/N-ethyl adjacent to an activating group) is 1. The van der Waals surface area contributed by atoms with E-state index in [1.807, 2.05) is 21.1 Å². The molecule has 0 spiro atoms. The monoisotopic (exact) mass is 1110 g/mol. The summed E-state index contributed by atoms with van der Waals surface area (Å²) in [5.41, 5.74) is 0. The van der Waals surface area contributed by atoms with E-state index in [1.54, 1.807) is 0 Å². The van der Waals surface area contributed by atoms with Crippen LogP contribution in [0.4, 0.5) is 0 Å². The smallest absolute Gasteiger partial charge is 0.462 e. The van der Waals surface area contributed by atoms with Crippen molar-refractivity contribution in [3.8, 4) is 0 Å². The Hall–Kier alpha value is -1.25. The molecule has 0 fully saturated rings. The number of esters is 2. The molecule has 0 aliphatic carbocycles. The Morgan fingerprint density at radius 2 is 0.662 bits per heavy atom. The number of rotatable bonds is 64. The number of quaternary nitrogens is 1. The summed E-state index contributed by atoms with van der Waals surface area (Å²) in [6, 6.07) is 0. The summed E-state index contributed by atoms with van der Waals surface area (Å²) < 4.78 is 34.6. The van der Waals surface area contributed by atoms with Crippen molar-refractivity contribution >= 4 is 19.8 Å². The van der Waals surface area contributed by atoms with Gasteiger partial charge >= 0.3 is 19.8 Å². The summed E-state index contributed by atoms with van der Waals surface area (Å²) in [6.07, 6.45) is 71.9. The second kappa shape index (κ2) is 59.4. The number of allylic oxidation sites excluding steroid dienone is 2. The third-order valence-electron chi connectivity index (χ3n) is 15.5. The van der Waals surface area contributed by atoms with Crippen molar-refractivity contribution in [2.75, 3.05) is 47.5 Å². The number of phosphoric acid groups is 1. The van der Waals surface area contributed by atoms with Crippen LogP contribution in [-0.2, 0) is 32.7 Å². The Kier molecular flexibility index (Phi) is 58.4. The minimum Gasteiger partial charge on any atom is -0.462 e. The van der Waals surface area contributed by atoms with Crippen molar-refractivity contribution in [2.24, 2.45) is 0 Å². The maximum absolute atomic E-state index is 12.8. The van der Waals surface area contributed by atoms with Gasteiger partial charge in [0.25, 0.3) is 0 Å². The molecule has 0 bridgehead atoms. The van der Waals surface area contributed by atoms with Gasteiger partial charge in [-0.25, -0.2) is 4.57 Å². The summed E-state index contributed by atoms with van der Waals surface area (Å²) in [5, 5.41) is 0. The maximum atomic E-state index is 12.8. The zero-order chi connectivity index (χ0) is 56.3. The molecule has 458 valence electrons. The highest BCUT2D eigenvalue weighted by Crippen LogP contribution is 2.43. The quantitative estimate of drug-likeness (QED) is 0.0211. The van der Waals surface area contributed by atoms with Crippen LogP contribution in [0.5, 0.6) is 0 Å². The van der Waals surface area contributed by atoms with Crippen LogP contribution in [0.3, 0.4) is 0 Å². The van der Waals surface area contributed by atoms with Gasteiger partial charge in [0.1, 0.15) is 19.8 Å². The Labute approximate surface area is 479 Å². The number of phosphoric ester groups is 1. The molecule has 0 aliphatic heterocycles. The molecule has 0 saturated heterocycles. The van der Waals surface area contributed by atoms with Gasteiger partial charge in [-0.3, -0.25) is 18.6 Å². The largest absolute Gasteiger partial charge is 0.472 e. The lowest BCUT2D eigenvalue weighted by atomic mass is 10.0. The van der Waals surface area contributed by atoms with Gasteiger partial charge in [0.2, 0.25) is 0 Å². The molecule has 9 nitrogen and oxygen atoms in total. The van der Waals surface area contributed by atoms with Crippen LogP contribution in [0, 0.1) is 0 Å². The first-order valence-electron chi connectivity index (χ1n) is 33.9. The molecule has 0 aromatic carbocycles. The number of hydrogen-bond acceptors (Lipinski definition) is 7. The zero-order valence-corrected chi connectivity index (χ0v) is 53.1. The molecule has 10 heteroatoms. The van der Waals surface area contributed by atoms with Crippen molar-refractivity contribution in [2.45, 2.75) is 360 Å². The first kappa shape index (κ1) is 75.8. The molecule has 1 N–H and O–H groups in total. The molecule has 0 aromatic heterocycles. The van der Waals surface area contributed by atoms with Crippen molar-refractivity contribution in [3.05, 3.63) is 12.2 Å². The van der Waals surface area contributed by atoms with Crippen molar-refractivity contribution in [3.63, 3.8) is 0 Å². The fourth-order valence-electron chi connectivity index (χ4n) is 10.3. The van der Waals surface area contributed by atoms with Crippen LogP contribution in [-0.4, -0.2) is 74.9 Å². The minimum atomic E-state index is -4.38. The van der Waals surface area contributed by atoms with Gasteiger partial charge in [0.05, 0.1) is 27.7 Å². The van der Waals surface area contributed by atoms with E-state index in [0.717, 1.165) is 38.5 Å². The van der Waals surface area contributed by atoms with Crippen LogP contribution in [0.1, 0.15) is 354 Å². The summed E-state index contributed by atoms with van der Waals surface area (Å²) in [6.45, 7) is 4.50. The van der Waals surface area contributed by atoms with E-state index in [1.165, 1.54) is 289 Å². The second-order valence-electron chi connectivity index (χ2n) is 24.6. The van der Waals surface area contributed by atoms with Crippen LogP contribution in [0.2, 0.25) is 0 Å². The summed E-state index contributed by atoms with van der Waals surface area (Å²) in [7, 11) is 1.50. The number of ether oxygens (including phenoxy) is 2. The Morgan fingerprint density at radius 1 is 0.390 bits per heavy atom. The first-order valence-corrected chi connectivity index (χ1v) is 35.4. The predicted octanol–water partition coefficient (Wildman–Crippen LogP) is 21.6. The van der Waals surface area contributed by atoms with Gasteiger partial charge in [0, 0.05) is 12.8 Å². The van der Waals surface area contributed by atoms with Gasteiger partial charge in [-0.15, -0.1) is 0 Å². The molecule has 0 amide bonds. The fraction of sp³-hybridized carbons (Fsp3) is 0.940. The van der Waals surface area contributed by atoms with E-state index < -0.39 is 26.5 Å². The molecule has 0 heterocycles. The average Bonchev–Trinajstić information content (AvgIpc) is 3.39. The second-order valence-corrected chi connectivity index (χ2v) is 26.0. The van der Waals surface area contributed by atoms with E-state index in [4.69, 9.17) is 18.5 Å². The average molecular weight is 1110 g/mol. The van der Waals surface area contributed by atoms with Gasteiger partial charge in [0.15, 0.2) is 6.10 Å². The number of unbranched alkanes of at least 4 members (excludes halogenated alkanes) is 48. The van der Waals surface area contributed by atoms with E-state index in [-0.39, 0.29) is 25.6 Å². The summed E-state index contributed by atoms with van der Waals surface area (Å²) in [4.78, 5) is 35.7. The molecule has 2 atom stereocenters. The minimum absolute atomic E-state index is 0.0367. The molecular formula is C67H133NO8P+. The molecular weight excluding hydrogens is 978 g/mol. The van der Waals surface area contributed by atoms with E-state index in [9.17, 15) is 19.0 Å². The highest BCUT2D eigenvalue weighted by Gasteiger charge is 2.27. The molecule has 0 aromatic rings. The van der Waals surface area contributed by atoms with Crippen LogP contribution < -0.4 is 0 Å². The normalized spacial score (nSPS) is 13.2. The van der Waals surface area contributed by atoms with Gasteiger partial charge in [-0.05, 0) is 38.5 Å². The van der Waals surface area contributed by atoms with E-state index >= 15 is 0 Å².